The van der Waals surface area contributed by atoms with Crippen molar-refractivity contribution >= 4 is 88.5 Å². The van der Waals surface area contributed by atoms with Crippen molar-refractivity contribution in [1.29, 1.82) is 0 Å². The summed E-state index contributed by atoms with van der Waals surface area (Å²) in [4.78, 5) is 0. The molecule has 0 nitrogen and oxygen atoms in total. The van der Waals surface area contributed by atoms with Crippen molar-refractivity contribution in [3.05, 3.63) is 35.4 Å². The second kappa shape index (κ2) is 6.33. The molecule has 0 heterocycles. The van der Waals surface area contributed by atoms with Crippen LogP contribution in [0.25, 0.3) is 0 Å². The van der Waals surface area contributed by atoms with Crippen molar-refractivity contribution in [2.24, 2.45) is 0 Å². The second-order valence-corrected chi connectivity index (χ2v) is 39.7. The summed E-state index contributed by atoms with van der Waals surface area (Å²) in [5.74, 6) is 0. The van der Waals surface area contributed by atoms with Crippen molar-refractivity contribution in [3.63, 3.8) is 0 Å². The van der Waals surface area contributed by atoms with E-state index in [1.807, 2.05) is 0 Å². The molecule has 0 aliphatic carbocycles. The Bertz CT molecular complexity index is 291. The monoisotopic (exact) mass is 654 g/mol. The third kappa shape index (κ3) is 4.32. The van der Waals surface area contributed by atoms with E-state index in [0.717, 1.165) is 4.43 Å². The molecule has 1 unspecified atom stereocenters. The minimum Gasteiger partial charge on any atom is -0.0903 e. The molecule has 0 fully saturated rings. The number of hydrogen-bond acceptors (Lipinski definition) is 0. The van der Waals surface area contributed by atoms with Gasteiger partial charge < -0.3 is 0 Å². The molecule has 0 aliphatic rings. The van der Waals surface area contributed by atoms with Crippen molar-refractivity contribution in [2.45, 2.75) is 16.9 Å². The SMILES string of the molecule is CC(c1ccc(CI)cc1)[Si](I)(I)I. The van der Waals surface area contributed by atoms with Gasteiger partial charge in [0, 0.05) is 9.97 Å². The molecule has 78 valence electrons. The van der Waals surface area contributed by atoms with Gasteiger partial charge in [0.05, 0.1) is 0 Å². The number of halogens is 4. The van der Waals surface area contributed by atoms with Gasteiger partial charge in [-0.25, -0.2) is 0 Å². The lowest BCUT2D eigenvalue weighted by Crippen LogP contribution is -2.17. The van der Waals surface area contributed by atoms with Gasteiger partial charge in [-0.3, -0.25) is 0 Å². The van der Waals surface area contributed by atoms with E-state index in [2.05, 4.69) is 119 Å². The summed E-state index contributed by atoms with van der Waals surface area (Å²) in [6, 6.07) is 9.08. The summed E-state index contributed by atoms with van der Waals surface area (Å²) < 4.78 is -0.0160. The maximum absolute atomic E-state index is 2.63. The quantitative estimate of drug-likeness (QED) is 0.175. The molecule has 0 saturated carbocycles. The van der Waals surface area contributed by atoms with Crippen LogP contribution >= 0.6 is 88.0 Å². The third-order valence-electron chi connectivity index (χ3n) is 2.13. The highest BCUT2D eigenvalue weighted by Crippen LogP contribution is 2.42. The number of rotatable bonds is 3. The third-order valence-corrected chi connectivity index (χ3v) is 12.7. The highest BCUT2D eigenvalue weighted by molar-refractivity contribution is 14.4. The molecule has 14 heavy (non-hydrogen) atoms. The van der Waals surface area contributed by atoms with Crippen LogP contribution in [0.1, 0.15) is 23.6 Å². The van der Waals surface area contributed by atoms with Crippen LogP contribution in [0.2, 0.25) is 0 Å². The first kappa shape index (κ1) is 14.4. The van der Waals surface area contributed by atoms with E-state index in [1.165, 1.54) is 11.1 Å². The molecule has 0 radical (unpaired) electrons. The van der Waals surface area contributed by atoms with Crippen LogP contribution in [0, 0.1) is 0 Å². The summed E-state index contributed by atoms with van der Waals surface area (Å²) in [6.45, 7) is 2.34. The minimum atomic E-state index is -1.12. The zero-order chi connectivity index (χ0) is 10.8. The van der Waals surface area contributed by atoms with Gasteiger partial charge in [0.2, 0.25) is 0 Å². The second-order valence-electron chi connectivity index (χ2n) is 3.14. The van der Waals surface area contributed by atoms with Crippen LogP contribution in [0.15, 0.2) is 24.3 Å². The van der Waals surface area contributed by atoms with Crippen LogP contribution in [-0.4, -0.2) is 0.564 Å². The van der Waals surface area contributed by atoms with Gasteiger partial charge in [-0.1, -0.05) is 119 Å². The summed E-state index contributed by atoms with van der Waals surface area (Å²) in [6.07, 6.45) is 0. The summed E-state index contributed by atoms with van der Waals surface area (Å²) in [7, 11) is 0. The fraction of sp³-hybridized carbons (Fsp3) is 0.333. The van der Waals surface area contributed by atoms with Crippen LogP contribution in [0.5, 0.6) is 0 Å². The zero-order valence-corrected chi connectivity index (χ0v) is 17.2. The highest BCUT2D eigenvalue weighted by Gasteiger charge is 2.31. The van der Waals surface area contributed by atoms with E-state index in [9.17, 15) is 0 Å². The molecule has 0 N–H and O–H groups in total. The van der Waals surface area contributed by atoms with Gasteiger partial charge in [0.25, 0.3) is 0.564 Å². The first-order valence-electron chi connectivity index (χ1n) is 4.16. The molecule has 0 bridgehead atoms. The topological polar surface area (TPSA) is 0 Å². The Hall–Kier alpha value is 2.36. The lowest BCUT2D eigenvalue weighted by molar-refractivity contribution is 1.07. The zero-order valence-electron chi connectivity index (χ0n) is 7.61. The van der Waals surface area contributed by atoms with Gasteiger partial charge in [-0.05, 0) is 11.1 Å². The van der Waals surface area contributed by atoms with Gasteiger partial charge in [0.15, 0.2) is 0 Å². The smallest absolute Gasteiger partial charge is 0.0903 e. The first-order valence-corrected chi connectivity index (χ1v) is 17.1. The Labute approximate surface area is 138 Å². The van der Waals surface area contributed by atoms with Gasteiger partial charge in [0.1, 0.15) is 0 Å². The van der Waals surface area contributed by atoms with Crippen molar-refractivity contribution in [2.75, 3.05) is 0 Å². The maximum Gasteiger partial charge on any atom is 0.260 e. The molecule has 5 heteroatoms. The van der Waals surface area contributed by atoms with Crippen LogP contribution in [-0.2, 0) is 4.43 Å². The van der Waals surface area contributed by atoms with E-state index in [0.29, 0.717) is 5.54 Å². The summed E-state index contributed by atoms with van der Waals surface area (Å²) in [5, 5.41) is 0. The van der Waals surface area contributed by atoms with Gasteiger partial charge >= 0.3 is 0 Å². The van der Waals surface area contributed by atoms with Crippen molar-refractivity contribution < 1.29 is 0 Å². The Morgan fingerprint density at radius 2 is 1.64 bits per heavy atom. The van der Waals surface area contributed by atoms with Crippen LogP contribution < -0.4 is 0 Å². The average Bonchev–Trinajstić information content (AvgIpc) is 2.15. The molecule has 1 aromatic carbocycles. The molecule has 0 spiro atoms. The molecule has 1 aromatic rings. The van der Waals surface area contributed by atoms with E-state index in [1.54, 1.807) is 0 Å². The molecular weight excluding hydrogens is 644 g/mol. The molecule has 0 aromatic heterocycles. The average molecular weight is 654 g/mol. The number of benzene rings is 1. The summed E-state index contributed by atoms with van der Waals surface area (Å²) >= 11 is 10.3. The largest absolute Gasteiger partial charge is 0.260 e. The molecule has 1 atom stereocenters. The Morgan fingerprint density at radius 3 is 2.00 bits per heavy atom. The Morgan fingerprint density at radius 1 is 1.14 bits per heavy atom. The van der Waals surface area contributed by atoms with E-state index in [4.69, 9.17) is 0 Å². The van der Waals surface area contributed by atoms with Gasteiger partial charge in [-0.15, -0.1) is 0 Å². The molecular formula is C9H10I4Si. The standard InChI is InChI=1S/C9H10I4Si/c1-7(14(11,12)13)9-4-2-8(6-10)3-5-9/h2-5,7H,6H2,1H3. The lowest BCUT2D eigenvalue weighted by Gasteiger charge is -2.19. The predicted octanol–water partition coefficient (Wildman–Crippen LogP) is 5.51. The Kier molecular flexibility index (Phi) is 6.52. The molecule has 0 saturated heterocycles. The normalized spacial score (nSPS) is 14.1. The molecule has 0 amide bonds. The van der Waals surface area contributed by atoms with E-state index < -0.39 is 0.564 Å². The van der Waals surface area contributed by atoms with E-state index >= 15 is 0 Å². The molecule has 1 rings (SSSR count). The fourth-order valence-electron chi connectivity index (χ4n) is 1.08. The van der Waals surface area contributed by atoms with E-state index in [-0.39, 0.29) is 0 Å². The number of alkyl halides is 1. The first-order chi connectivity index (χ1) is 6.45. The fourth-order valence-corrected chi connectivity index (χ4v) is 5.40. The predicted molar refractivity (Wildman–Crippen MR) is 100 cm³/mol. The van der Waals surface area contributed by atoms with Crippen molar-refractivity contribution in [1.82, 2.24) is 0 Å². The molecule has 0 aliphatic heterocycles. The van der Waals surface area contributed by atoms with Gasteiger partial charge in [-0.2, -0.15) is 0 Å². The van der Waals surface area contributed by atoms with Crippen molar-refractivity contribution in [3.8, 4) is 0 Å². The lowest BCUT2D eigenvalue weighted by atomic mass is 10.1. The minimum absolute atomic E-state index is 0.715. The highest BCUT2D eigenvalue weighted by atomic mass is 127. The Balaban J connectivity index is 2.87. The van der Waals surface area contributed by atoms with Crippen LogP contribution in [0.3, 0.4) is 0 Å². The maximum atomic E-state index is 2.63. The number of hydrogen-bond donors (Lipinski definition) is 0. The van der Waals surface area contributed by atoms with Crippen LogP contribution in [0.4, 0.5) is 0 Å². The summed E-state index contributed by atoms with van der Waals surface area (Å²) in [5.41, 5.74) is 3.63.